The molecule has 0 saturated heterocycles. The van der Waals surface area contributed by atoms with Crippen LogP contribution in [0.25, 0.3) is 87.5 Å². The van der Waals surface area contributed by atoms with Crippen molar-refractivity contribution in [2.45, 2.75) is 0 Å². The predicted octanol–water partition coefficient (Wildman–Crippen LogP) is 11.2. The van der Waals surface area contributed by atoms with Crippen LogP contribution in [0.4, 0.5) is 0 Å². The SMILES string of the molecule is c1cc(-c2cc(-c3ccc4c5ccccc5c5ccccc5c4c3)cc(-c3cccc4ncccc34)c2)c2cccnc2c1. The predicted molar refractivity (Wildman–Crippen MR) is 186 cm³/mol. The third kappa shape index (κ3) is 3.89. The Hall–Kier alpha value is -5.86. The number of benzene rings is 7. The number of hydrogen-bond donors (Lipinski definition) is 0. The first kappa shape index (κ1) is 24.7. The molecule has 0 N–H and O–H groups in total. The van der Waals surface area contributed by atoms with Gasteiger partial charge in [0.1, 0.15) is 0 Å². The lowest BCUT2D eigenvalue weighted by atomic mass is 9.89. The highest BCUT2D eigenvalue weighted by Gasteiger charge is 2.14. The van der Waals surface area contributed by atoms with Crippen molar-refractivity contribution in [3.8, 4) is 33.4 Å². The highest BCUT2D eigenvalue weighted by Crippen LogP contribution is 2.40. The lowest BCUT2D eigenvalue weighted by Crippen LogP contribution is -1.90. The lowest BCUT2D eigenvalue weighted by Gasteiger charge is -2.15. The van der Waals surface area contributed by atoms with Crippen LogP contribution in [-0.4, -0.2) is 9.97 Å². The lowest BCUT2D eigenvalue weighted by molar-refractivity contribution is 1.41. The van der Waals surface area contributed by atoms with E-state index in [1.807, 2.05) is 24.5 Å². The molecular weight excluding hydrogens is 532 g/mol. The van der Waals surface area contributed by atoms with Crippen LogP contribution >= 0.6 is 0 Å². The largest absolute Gasteiger partial charge is 0.256 e. The van der Waals surface area contributed by atoms with Crippen molar-refractivity contribution in [3.05, 3.63) is 158 Å². The summed E-state index contributed by atoms with van der Waals surface area (Å²) in [7, 11) is 0. The van der Waals surface area contributed by atoms with E-state index in [0.717, 1.165) is 21.8 Å². The van der Waals surface area contributed by atoms with Gasteiger partial charge in [-0.25, -0.2) is 0 Å². The van der Waals surface area contributed by atoms with Crippen LogP contribution < -0.4 is 0 Å². The summed E-state index contributed by atoms with van der Waals surface area (Å²) in [6, 6.07) is 52.6. The van der Waals surface area contributed by atoms with Crippen molar-refractivity contribution in [3.63, 3.8) is 0 Å². The molecule has 2 heterocycles. The fraction of sp³-hybridized carbons (Fsp3) is 0. The van der Waals surface area contributed by atoms with Crippen molar-refractivity contribution < 1.29 is 0 Å². The number of aromatic nitrogens is 2. The molecule has 0 bridgehead atoms. The van der Waals surface area contributed by atoms with E-state index in [9.17, 15) is 0 Å². The van der Waals surface area contributed by atoms with Gasteiger partial charge in [-0.15, -0.1) is 0 Å². The van der Waals surface area contributed by atoms with Crippen LogP contribution in [0.5, 0.6) is 0 Å². The second kappa shape index (κ2) is 9.86. The number of hydrogen-bond acceptors (Lipinski definition) is 2. The van der Waals surface area contributed by atoms with Crippen molar-refractivity contribution in [1.29, 1.82) is 0 Å². The van der Waals surface area contributed by atoms with E-state index in [4.69, 9.17) is 0 Å². The van der Waals surface area contributed by atoms with Gasteiger partial charge in [-0.2, -0.15) is 0 Å². The average Bonchev–Trinajstić information content (AvgIpc) is 3.11. The Morgan fingerprint density at radius 2 is 0.727 bits per heavy atom. The summed E-state index contributed by atoms with van der Waals surface area (Å²) in [5.74, 6) is 0. The van der Waals surface area contributed by atoms with Crippen molar-refractivity contribution in [1.82, 2.24) is 9.97 Å². The van der Waals surface area contributed by atoms with Gasteiger partial charge >= 0.3 is 0 Å². The first-order chi connectivity index (χ1) is 21.8. The van der Waals surface area contributed by atoms with Gasteiger partial charge < -0.3 is 0 Å². The van der Waals surface area contributed by atoms with Gasteiger partial charge in [-0.3, -0.25) is 9.97 Å². The van der Waals surface area contributed by atoms with Crippen LogP contribution in [0.2, 0.25) is 0 Å². The molecule has 2 nitrogen and oxygen atoms in total. The first-order valence-corrected chi connectivity index (χ1v) is 15.0. The van der Waals surface area contributed by atoms with Gasteiger partial charge in [-0.1, -0.05) is 97.1 Å². The average molecular weight is 559 g/mol. The van der Waals surface area contributed by atoms with Crippen molar-refractivity contribution in [2.24, 2.45) is 0 Å². The zero-order valence-corrected chi connectivity index (χ0v) is 23.9. The smallest absolute Gasteiger partial charge is 0.0708 e. The third-order valence-corrected chi connectivity index (χ3v) is 8.92. The highest BCUT2D eigenvalue weighted by molar-refractivity contribution is 6.25. The van der Waals surface area contributed by atoms with Gasteiger partial charge in [0.25, 0.3) is 0 Å². The summed E-state index contributed by atoms with van der Waals surface area (Å²) < 4.78 is 0. The van der Waals surface area contributed by atoms with Crippen molar-refractivity contribution >= 4 is 54.1 Å². The summed E-state index contributed by atoms with van der Waals surface area (Å²) in [6.45, 7) is 0. The number of rotatable bonds is 3. The molecule has 0 spiro atoms. The second-order valence-electron chi connectivity index (χ2n) is 11.4. The Bertz CT molecular complexity index is 2420. The summed E-state index contributed by atoms with van der Waals surface area (Å²) in [5, 5.41) is 9.98. The Labute approximate surface area is 254 Å². The summed E-state index contributed by atoms with van der Waals surface area (Å²) >= 11 is 0. The summed E-state index contributed by atoms with van der Waals surface area (Å²) in [5.41, 5.74) is 9.05. The molecule has 2 heteroatoms. The van der Waals surface area contributed by atoms with Crippen LogP contribution in [-0.2, 0) is 0 Å². The summed E-state index contributed by atoms with van der Waals surface area (Å²) in [6.07, 6.45) is 3.72. The Morgan fingerprint density at radius 1 is 0.273 bits per heavy atom. The quantitative estimate of drug-likeness (QED) is 0.202. The van der Waals surface area contributed by atoms with E-state index in [1.54, 1.807) is 0 Å². The van der Waals surface area contributed by atoms with E-state index in [2.05, 4.69) is 143 Å². The molecule has 0 aliphatic rings. The van der Waals surface area contributed by atoms with E-state index >= 15 is 0 Å². The molecule has 0 amide bonds. The molecule has 0 radical (unpaired) electrons. The molecule has 44 heavy (non-hydrogen) atoms. The van der Waals surface area contributed by atoms with Crippen LogP contribution in [0.3, 0.4) is 0 Å². The van der Waals surface area contributed by atoms with Crippen molar-refractivity contribution in [2.75, 3.05) is 0 Å². The van der Waals surface area contributed by atoms with Gasteiger partial charge in [0, 0.05) is 23.2 Å². The zero-order valence-electron chi connectivity index (χ0n) is 23.9. The molecule has 204 valence electrons. The van der Waals surface area contributed by atoms with E-state index in [-0.39, 0.29) is 0 Å². The molecule has 9 rings (SSSR count). The fourth-order valence-corrected chi connectivity index (χ4v) is 6.90. The standard InChI is InChI=1S/C42H26N2/c1-2-11-35-33(9-1)34-10-3-4-12-36(34)40-26-27(19-20-37(35)40)28-23-29(31-13-5-17-41-38(31)15-7-21-43-41)25-30(24-28)32-14-6-18-42-39(32)16-8-22-44-42/h1-26H. The molecule has 0 saturated carbocycles. The highest BCUT2D eigenvalue weighted by atomic mass is 14.6. The molecule has 0 fully saturated rings. The topological polar surface area (TPSA) is 25.8 Å². The van der Waals surface area contributed by atoms with E-state index in [0.29, 0.717) is 0 Å². The zero-order chi connectivity index (χ0) is 29.0. The molecule has 7 aromatic carbocycles. The molecule has 2 aromatic heterocycles. The van der Waals surface area contributed by atoms with Crippen LogP contribution in [0.1, 0.15) is 0 Å². The van der Waals surface area contributed by atoms with Crippen LogP contribution in [0, 0.1) is 0 Å². The molecule has 0 unspecified atom stereocenters. The molecule has 0 atom stereocenters. The summed E-state index contributed by atoms with van der Waals surface area (Å²) in [4.78, 5) is 9.30. The first-order valence-electron chi connectivity index (χ1n) is 15.0. The number of fused-ring (bicyclic) bond motifs is 8. The fourth-order valence-electron chi connectivity index (χ4n) is 6.90. The molecular formula is C42H26N2. The monoisotopic (exact) mass is 558 g/mol. The van der Waals surface area contributed by atoms with Gasteiger partial charge in [-0.05, 0) is 114 Å². The minimum Gasteiger partial charge on any atom is -0.256 e. The number of nitrogens with zero attached hydrogens (tertiary/aromatic N) is 2. The van der Waals surface area contributed by atoms with Gasteiger partial charge in [0.2, 0.25) is 0 Å². The Balaban J connectivity index is 1.35. The molecule has 0 aliphatic carbocycles. The maximum absolute atomic E-state index is 4.65. The third-order valence-electron chi connectivity index (χ3n) is 8.92. The minimum absolute atomic E-state index is 0.996. The Morgan fingerprint density at radius 3 is 1.27 bits per heavy atom. The second-order valence-corrected chi connectivity index (χ2v) is 11.4. The maximum atomic E-state index is 4.65. The van der Waals surface area contributed by atoms with E-state index < -0.39 is 0 Å². The molecule has 9 aromatic rings. The minimum atomic E-state index is 0.996. The van der Waals surface area contributed by atoms with Gasteiger partial charge in [0.05, 0.1) is 11.0 Å². The van der Waals surface area contributed by atoms with E-state index in [1.165, 1.54) is 65.7 Å². The maximum Gasteiger partial charge on any atom is 0.0708 e. The number of pyridine rings is 2. The van der Waals surface area contributed by atoms with Gasteiger partial charge in [0.15, 0.2) is 0 Å². The Kier molecular flexibility index (Phi) is 5.54. The molecule has 0 aliphatic heterocycles. The van der Waals surface area contributed by atoms with Crippen LogP contribution in [0.15, 0.2) is 158 Å². The normalized spacial score (nSPS) is 11.6.